The fourth-order valence-electron chi connectivity index (χ4n) is 1.62. The lowest BCUT2D eigenvalue weighted by atomic mass is 10.2. The first-order valence-corrected chi connectivity index (χ1v) is 7.52. The molecule has 2 aromatic rings. The lowest BCUT2D eigenvalue weighted by Crippen LogP contribution is -2.27. The molecule has 0 aliphatic rings. The molecule has 0 bridgehead atoms. The van der Waals surface area contributed by atoms with E-state index in [2.05, 4.69) is 15.6 Å². The molecule has 0 spiro atoms. The molecule has 22 heavy (non-hydrogen) atoms. The number of pyridine rings is 1. The molecule has 2 amide bonds. The molecular weight excluding hydrogens is 302 g/mol. The Labute approximate surface area is 132 Å². The van der Waals surface area contributed by atoms with Crippen LogP contribution in [0.1, 0.15) is 30.4 Å². The summed E-state index contributed by atoms with van der Waals surface area (Å²) in [6, 6.07) is 5.12. The summed E-state index contributed by atoms with van der Waals surface area (Å²) in [5, 5.41) is 7.04. The minimum absolute atomic E-state index is 0.311. The number of amides is 2. The van der Waals surface area contributed by atoms with Gasteiger partial charge < -0.3 is 10.1 Å². The summed E-state index contributed by atoms with van der Waals surface area (Å²) < 4.78 is 5.18. The monoisotopic (exact) mass is 319 g/mol. The van der Waals surface area contributed by atoms with Crippen LogP contribution in [0.3, 0.4) is 0 Å². The molecule has 0 aromatic carbocycles. The van der Waals surface area contributed by atoms with Crippen LogP contribution in [0.4, 0.5) is 16.2 Å². The SMILES string of the molecule is CC(C)(C)OC(=O)Nc1ccsc1C(=O)Nc1cccnc1. The van der Waals surface area contributed by atoms with Gasteiger partial charge in [0.2, 0.25) is 0 Å². The minimum Gasteiger partial charge on any atom is -0.444 e. The Morgan fingerprint density at radius 2 is 2.00 bits per heavy atom. The van der Waals surface area contributed by atoms with E-state index in [1.165, 1.54) is 11.3 Å². The van der Waals surface area contributed by atoms with Crippen molar-refractivity contribution in [2.45, 2.75) is 26.4 Å². The largest absolute Gasteiger partial charge is 0.444 e. The Bertz CT molecular complexity index is 662. The van der Waals surface area contributed by atoms with Crippen LogP contribution in [-0.4, -0.2) is 22.6 Å². The third-order valence-corrected chi connectivity index (χ3v) is 3.34. The fraction of sp³-hybridized carbons (Fsp3) is 0.267. The molecule has 0 saturated heterocycles. The van der Waals surface area contributed by atoms with Crippen molar-refractivity contribution < 1.29 is 14.3 Å². The Kier molecular flexibility index (Phi) is 4.77. The van der Waals surface area contributed by atoms with E-state index >= 15 is 0 Å². The highest BCUT2D eigenvalue weighted by molar-refractivity contribution is 7.12. The summed E-state index contributed by atoms with van der Waals surface area (Å²) >= 11 is 1.23. The molecule has 0 radical (unpaired) electrons. The summed E-state index contributed by atoms with van der Waals surface area (Å²) in [6.07, 6.45) is 2.57. The number of hydrogen-bond donors (Lipinski definition) is 2. The predicted octanol–water partition coefficient (Wildman–Crippen LogP) is 3.74. The van der Waals surface area contributed by atoms with Crippen LogP contribution < -0.4 is 10.6 Å². The van der Waals surface area contributed by atoms with E-state index in [0.29, 0.717) is 16.3 Å². The van der Waals surface area contributed by atoms with Crippen LogP contribution >= 0.6 is 11.3 Å². The highest BCUT2D eigenvalue weighted by Gasteiger charge is 2.20. The van der Waals surface area contributed by atoms with E-state index in [1.54, 1.807) is 56.7 Å². The van der Waals surface area contributed by atoms with Crippen LogP contribution in [0.25, 0.3) is 0 Å². The van der Waals surface area contributed by atoms with E-state index in [-0.39, 0.29) is 5.91 Å². The van der Waals surface area contributed by atoms with Gasteiger partial charge in [-0.15, -0.1) is 11.3 Å². The number of thiophene rings is 1. The standard InChI is InChI=1S/C15H17N3O3S/c1-15(2,3)21-14(20)18-11-6-8-22-12(11)13(19)17-10-5-4-7-16-9-10/h4-9H,1-3H3,(H,17,19)(H,18,20). The second kappa shape index (κ2) is 6.57. The number of hydrogen-bond acceptors (Lipinski definition) is 5. The Morgan fingerprint density at radius 1 is 1.23 bits per heavy atom. The molecule has 7 heteroatoms. The van der Waals surface area contributed by atoms with Crippen molar-refractivity contribution in [3.8, 4) is 0 Å². The lowest BCUT2D eigenvalue weighted by Gasteiger charge is -2.19. The first-order valence-electron chi connectivity index (χ1n) is 6.64. The van der Waals surface area contributed by atoms with Gasteiger partial charge >= 0.3 is 6.09 Å². The number of carbonyl (C=O) groups is 2. The molecule has 2 rings (SSSR count). The summed E-state index contributed by atoms with van der Waals surface area (Å²) in [5.41, 5.74) is 0.405. The van der Waals surface area contributed by atoms with Crippen molar-refractivity contribution in [1.82, 2.24) is 4.98 Å². The zero-order valence-electron chi connectivity index (χ0n) is 12.5. The van der Waals surface area contributed by atoms with Crippen molar-refractivity contribution in [2.24, 2.45) is 0 Å². The van der Waals surface area contributed by atoms with Crippen LogP contribution in [0, 0.1) is 0 Å². The first kappa shape index (κ1) is 16.0. The van der Waals surface area contributed by atoms with Gasteiger partial charge in [-0.25, -0.2) is 4.79 Å². The average molecular weight is 319 g/mol. The molecule has 0 unspecified atom stereocenters. The normalized spacial score (nSPS) is 10.9. The predicted molar refractivity (Wildman–Crippen MR) is 86.4 cm³/mol. The van der Waals surface area contributed by atoms with Crippen LogP contribution in [-0.2, 0) is 4.74 Å². The molecule has 116 valence electrons. The molecule has 0 aliphatic heterocycles. The van der Waals surface area contributed by atoms with Gasteiger partial charge in [0.1, 0.15) is 10.5 Å². The van der Waals surface area contributed by atoms with E-state index in [1.807, 2.05) is 0 Å². The topological polar surface area (TPSA) is 80.3 Å². The van der Waals surface area contributed by atoms with Crippen molar-refractivity contribution in [3.63, 3.8) is 0 Å². The third-order valence-electron chi connectivity index (χ3n) is 2.43. The number of nitrogens with one attached hydrogen (secondary N) is 2. The third kappa shape index (κ3) is 4.56. The summed E-state index contributed by atoms with van der Waals surface area (Å²) in [7, 11) is 0. The molecule has 6 nitrogen and oxygen atoms in total. The average Bonchev–Trinajstić information content (AvgIpc) is 2.85. The molecule has 0 saturated carbocycles. The molecule has 2 aromatic heterocycles. The van der Waals surface area contributed by atoms with Gasteiger partial charge in [0.15, 0.2) is 0 Å². The maximum absolute atomic E-state index is 12.2. The number of rotatable bonds is 3. The summed E-state index contributed by atoms with van der Waals surface area (Å²) in [5.74, 6) is -0.311. The quantitative estimate of drug-likeness (QED) is 0.903. The Hall–Kier alpha value is -2.41. The second-order valence-corrected chi connectivity index (χ2v) is 6.40. The van der Waals surface area contributed by atoms with Crippen LogP contribution in [0.2, 0.25) is 0 Å². The number of anilines is 2. The van der Waals surface area contributed by atoms with Gasteiger partial charge in [-0.3, -0.25) is 15.1 Å². The second-order valence-electron chi connectivity index (χ2n) is 5.49. The fourth-order valence-corrected chi connectivity index (χ4v) is 2.37. The van der Waals surface area contributed by atoms with Crippen molar-refractivity contribution >= 4 is 34.7 Å². The van der Waals surface area contributed by atoms with Gasteiger partial charge in [-0.2, -0.15) is 0 Å². The highest BCUT2D eigenvalue weighted by Crippen LogP contribution is 2.24. The lowest BCUT2D eigenvalue weighted by molar-refractivity contribution is 0.0636. The zero-order valence-corrected chi connectivity index (χ0v) is 13.4. The molecule has 0 atom stereocenters. The van der Waals surface area contributed by atoms with Crippen molar-refractivity contribution in [1.29, 1.82) is 0 Å². The van der Waals surface area contributed by atoms with Gasteiger partial charge in [0.05, 0.1) is 17.6 Å². The summed E-state index contributed by atoms with van der Waals surface area (Å²) in [4.78, 5) is 28.4. The van der Waals surface area contributed by atoms with E-state index < -0.39 is 11.7 Å². The maximum atomic E-state index is 12.2. The number of carbonyl (C=O) groups excluding carboxylic acids is 2. The van der Waals surface area contributed by atoms with E-state index in [9.17, 15) is 9.59 Å². The van der Waals surface area contributed by atoms with E-state index in [0.717, 1.165) is 0 Å². The molecule has 0 fully saturated rings. The van der Waals surface area contributed by atoms with E-state index in [4.69, 9.17) is 4.74 Å². The van der Waals surface area contributed by atoms with Gasteiger partial charge in [-0.05, 0) is 44.4 Å². The van der Waals surface area contributed by atoms with Crippen LogP contribution in [0.15, 0.2) is 36.0 Å². The summed E-state index contributed by atoms with van der Waals surface area (Å²) in [6.45, 7) is 5.32. The maximum Gasteiger partial charge on any atom is 0.412 e. The molecule has 2 N–H and O–H groups in total. The number of ether oxygens (including phenoxy) is 1. The number of nitrogens with zero attached hydrogens (tertiary/aromatic N) is 1. The van der Waals surface area contributed by atoms with Crippen LogP contribution in [0.5, 0.6) is 0 Å². The smallest absolute Gasteiger partial charge is 0.412 e. The van der Waals surface area contributed by atoms with Gasteiger partial charge in [-0.1, -0.05) is 0 Å². The van der Waals surface area contributed by atoms with Crippen molar-refractivity contribution in [2.75, 3.05) is 10.6 Å². The first-order chi connectivity index (χ1) is 10.3. The zero-order chi connectivity index (χ0) is 16.2. The molecule has 0 aliphatic carbocycles. The molecule has 2 heterocycles. The van der Waals surface area contributed by atoms with Gasteiger partial charge in [0.25, 0.3) is 5.91 Å². The minimum atomic E-state index is -0.599. The molecular formula is C15H17N3O3S. The van der Waals surface area contributed by atoms with Crippen molar-refractivity contribution in [3.05, 3.63) is 40.8 Å². The Balaban J connectivity index is 2.06. The Morgan fingerprint density at radius 3 is 2.64 bits per heavy atom. The highest BCUT2D eigenvalue weighted by atomic mass is 32.1. The van der Waals surface area contributed by atoms with Gasteiger partial charge in [0, 0.05) is 6.20 Å². The number of aromatic nitrogens is 1.